The van der Waals surface area contributed by atoms with Gasteiger partial charge in [-0.05, 0) is 25.1 Å². The maximum absolute atomic E-state index is 11.9. The van der Waals surface area contributed by atoms with E-state index in [1.54, 1.807) is 0 Å². The zero-order chi connectivity index (χ0) is 12.8. The third-order valence-electron chi connectivity index (χ3n) is 2.61. The first-order valence-electron chi connectivity index (χ1n) is 4.73. The Morgan fingerprint density at radius 2 is 1.82 bits per heavy atom. The number of rotatable bonds is 1. The first kappa shape index (κ1) is 12.1. The zero-order valence-electron chi connectivity index (χ0n) is 8.83. The van der Waals surface area contributed by atoms with Crippen LogP contribution >= 0.6 is 23.2 Å². The number of nitrogens with two attached hydrogens (primary N) is 1. The Bertz CT molecular complexity index is 521. The second kappa shape index (κ2) is 3.82. The average Bonchev–Trinajstić information content (AvgIpc) is 2.43. The van der Waals surface area contributed by atoms with Crippen molar-refractivity contribution in [3.8, 4) is 0 Å². The van der Waals surface area contributed by atoms with Crippen molar-refractivity contribution in [3.05, 3.63) is 45.5 Å². The van der Waals surface area contributed by atoms with Crippen LogP contribution in [-0.2, 0) is 15.1 Å². The molecule has 0 bridgehead atoms. The SMILES string of the molecule is CC1(c2cc(Cl)cc(Cl)c2)OC(N)=C(O)C1=O. The topological polar surface area (TPSA) is 72.6 Å². The molecule has 1 aliphatic rings. The van der Waals surface area contributed by atoms with Crippen molar-refractivity contribution in [2.45, 2.75) is 12.5 Å². The van der Waals surface area contributed by atoms with Crippen LogP contribution in [-0.4, -0.2) is 10.9 Å². The Kier molecular flexibility index (Phi) is 2.72. The second-order valence-electron chi connectivity index (χ2n) is 3.84. The van der Waals surface area contributed by atoms with Crippen molar-refractivity contribution in [1.29, 1.82) is 0 Å². The van der Waals surface area contributed by atoms with Gasteiger partial charge in [0.25, 0.3) is 5.78 Å². The summed E-state index contributed by atoms with van der Waals surface area (Å²) in [7, 11) is 0. The van der Waals surface area contributed by atoms with Gasteiger partial charge >= 0.3 is 0 Å². The summed E-state index contributed by atoms with van der Waals surface area (Å²) in [5, 5.41) is 10.2. The monoisotopic (exact) mass is 273 g/mol. The van der Waals surface area contributed by atoms with Gasteiger partial charge in [0.05, 0.1) is 0 Å². The maximum Gasteiger partial charge on any atom is 0.250 e. The molecular formula is C11H9Cl2NO3. The Morgan fingerprint density at radius 3 is 2.24 bits per heavy atom. The molecule has 0 amide bonds. The Morgan fingerprint density at radius 1 is 1.29 bits per heavy atom. The number of Topliss-reactive ketones (excluding diaryl/α,β-unsaturated/α-hetero) is 1. The molecule has 0 fully saturated rings. The number of ketones is 1. The van der Waals surface area contributed by atoms with Gasteiger partial charge in [0.1, 0.15) is 0 Å². The summed E-state index contributed by atoms with van der Waals surface area (Å²) < 4.78 is 5.21. The summed E-state index contributed by atoms with van der Waals surface area (Å²) in [4.78, 5) is 11.9. The minimum Gasteiger partial charge on any atom is -0.501 e. The average molecular weight is 274 g/mol. The van der Waals surface area contributed by atoms with Gasteiger partial charge in [-0.2, -0.15) is 0 Å². The summed E-state index contributed by atoms with van der Waals surface area (Å²) in [5.74, 6) is -1.49. The highest BCUT2D eigenvalue weighted by Crippen LogP contribution is 2.38. The number of aliphatic hydroxyl groups is 1. The van der Waals surface area contributed by atoms with Crippen LogP contribution in [0.4, 0.5) is 0 Å². The van der Waals surface area contributed by atoms with Crippen molar-refractivity contribution < 1.29 is 14.6 Å². The number of hydrogen-bond donors (Lipinski definition) is 2. The molecule has 1 aromatic carbocycles. The van der Waals surface area contributed by atoms with Crippen LogP contribution < -0.4 is 5.73 Å². The molecule has 0 saturated heterocycles. The van der Waals surface area contributed by atoms with E-state index in [0.717, 1.165) is 0 Å². The van der Waals surface area contributed by atoms with Gasteiger partial charge in [0.15, 0.2) is 5.60 Å². The summed E-state index contributed by atoms with van der Waals surface area (Å²) in [5.41, 5.74) is 4.43. The van der Waals surface area contributed by atoms with Crippen LogP contribution in [0, 0.1) is 0 Å². The predicted molar refractivity (Wildman–Crippen MR) is 63.7 cm³/mol. The largest absolute Gasteiger partial charge is 0.501 e. The second-order valence-corrected chi connectivity index (χ2v) is 4.71. The molecule has 0 radical (unpaired) electrons. The highest BCUT2D eigenvalue weighted by molar-refractivity contribution is 6.34. The van der Waals surface area contributed by atoms with Crippen LogP contribution in [0.15, 0.2) is 29.8 Å². The molecule has 1 atom stereocenters. The minimum absolute atomic E-state index is 0.298. The lowest BCUT2D eigenvalue weighted by molar-refractivity contribution is -0.131. The highest BCUT2D eigenvalue weighted by Gasteiger charge is 2.47. The Hall–Kier alpha value is -1.39. The van der Waals surface area contributed by atoms with Crippen molar-refractivity contribution >= 4 is 29.0 Å². The van der Waals surface area contributed by atoms with Crippen molar-refractivity contribution in [2.75, 3.05) is 0 Å². The Balaban J connectivity index is 2.51. The molecule has 3 N–H and O–H groups in total. The van der Waals surface area contributed by atoms with E-state index in [-0.39, 0.29) is 5.88 Å². The fourth-order valence-electron chi connectivity index (χ4n) is 1.67. The van der Waals surface area contributed by atoms with Crippen molar-refractivity contribution in [2.24, 2.45) is 5.73 Å². The number of benzene rings is 1. The summed E-state index contributed by atoms with van der Waals surface area (Å²) >= 11 is 11.7. The van der Waals surface area contributed by atoms with Gasteiger partial charge in [-0.1, -0.05) is 23.2 Å². The van der Waals surface area contributed by atoms with Gasteiger partial charge < -0.3 is 15.6 Å². The quantitative estimate of drug-likeness (QED) is 0.825. The molecule has 1 aliphatic heterocycles. The fraction of sp³-hybridized carbons (Fsp3) is 0.182. The van der Waals surface area contributed by atoms with Crippen LogP contribution in [0.3, 0.4) is 0 Å². The normalized spacial score (nSPS) is 24.1. The maximum atomic E-state index is 11.9. The molecule has 1 heterocycles. The predicted octanol–water partition coefficient (Wildman–Crippen LogP) is 2.49. The van der Waals surface area contributed by atoms with E-state index in [9.17, 15) is 9.90 Å². The van der Waals surface area contributed by atoms with E-state index in [1.807, 2.05) is 0 Å². The summed E-state index contributed by atoms with van der Waals surface area (Å²) in [6, 6.07) is 4.61. The number of aliphatic hydroxyl groups excluding tert-OH is 1. The molecule has 6 heteroatoms. The number of hydrogen-bond acceptors (Lipinski definition) is 4. The van der Waals surface area contributed by atoms with E-state index < -0.39 is 17.1 Å². The molecule has 0 saturated carbocycles. The molecule has 0 spiro atoms. The van der Waals surface area contributed by atoms with Crippen LogP contribution in [0.25, 0.3) is 0 Å². The van der Waals surface area contributed by atoms with E-state index in [0.29, 0.717) is 15.6 Å². The Labute approximate surface area is 108 Å². The molecule has 1 unspecified atom stereocenters. The van der Waals surface area contributed by atoms with E-state index >= 15 is 0 Å². The molecule has 1 aromatic rings. The lowest BCUT2D eigenvalue weighted by atomic mass is 9.92. The molecule has 90 valence electrons. The lowest BCUT2D eigenvalue weighted by Crippen LogP contribution is -2.31. The minimum atomic E-state index is -1.39. The van der Waals surface area contributed by atoms with Crippen LogP contribution in [0.5, 0.6) is 0 Å². The number of carbonyl (C=O) groups is 1. The molecule has 0 aliphatic carbocycles. The number of halogens is 2. The summed E-state index contributed by atoms with van der Waals surface area (Å²) in [6.45, 7) is 1.49. The third kappa shape index (κ3) is 1.83. The van der Waals surface area contributed by atoms with Crippen LogP contribution in [0.2, 0.25) is 10.0 Å². The first-order valence-corrected chi connectivity index (χ1v) is 5.49. The number of carbonyl (C=O) groups excluding carboxylic acids is 1. The zero-order valence-corrected chi connectivity index (χ0v) is 10.3. The van der Waals surface area contributed by atoms with Crippen LogP contribution in [0.1, 0.15) is 12.5 Å². The third-order valence-corrected chi connectivity index (χ3v) is 3.05. The lowest BCUT2D eigenvalue weighted by Gasteiger charge is -2.23. The molecule has 17 heavy (non-hydrogen) atoms. The van der Waals surface area contributed by atoms with E-state index in [1.165, 1.54) is 25.1 Å². The summed E-state index contributed by atoms with van der Waals surface area (Å²) in [6.07, 6.45) is 0. The van der Waals surface area contributed by atoms with Gasteiger partial charge in [0.2, 0.25) is 11.6 Å². The van der Waals surface area contributed by atoms with Crippen molar-refractivity contribution in [3.63, 3.8) is 0 Å². The van der Waals surface area contributed by atoms with Gasteiger partial charge in [-0.25, -0.2) is 0 Å². The fourth-order valence-corrected chi connectivity index (χ4v) is 2.20. The molecule has 0 aromatic heterocycles. The molecular weight excluding hydrogens is 265 g/mol. The smallest absolute Gasteiger partial charge is 0.250 e. The standard InChI is InChI=1S/C11H9Cl2NO3/c1-11(9(16)8(15)10(14)17-11)5-2-6(12)4-7(13)3-5/h2-4,15H,14H2,1H3. The van der Waals surface area contributed by atoms with Gasteiger partial charge in [0, 0.05) is 15.6 Å². The highest BCUT2D eigenvalue weighted by atomic mass is 35.5. The first-order chi connectivity index (χ1) is 7.84. The van der Waals surface area contributed by atoms with Crippen molar-refractivity contribution in [1.82, 2.24) is 0 Å². The van der Waals surface area contributed by atoms with Gasteiger partial charge in [-0.15, -0.1) is 0 Å². The van der Waals surface area contributed by atoms with Gasteiger partial charge in [-0.3, -0.25) is 4.79 Å². The number of ether oxygens (including phenoxy) is 1. The molecule has 4 nitrogen and oxygen atoms in total. The van der Waals surface area contributed by atoms with E-state index in [4.69, 9.17) is 33.7 Å². The van der Waals surface area contributed by atoms with E-state index in [2.05, 4.69) is 0 Å². The molecule has 2 rings (SSSR count).